The van der Waals surface area contributed by atoms with Gasteiger partial charge in [0, 0.05) is 14.2 Å². The van der Waals surface area contributed by atoms with Crippen LogP contribution < -0.4 is 0 Å². The Labute approximate surface area is 75.6 Å². The highest BCUT2D eigenvalue weighted by atomic mass is 16.8. The van der Waals surface area contributed by atoms with Crippen molar-refractivity contribution in [2.45, 2.75) is 30.9 Å². The molecule has 5 atom stereocenters. The van der Waals surface area contributed by atoms with E-state index >= 15 is 0 Å². The SMILES string of the molecule is CO[C@@H]1O[C@H](OC)[C@H](O)C(O)[C@H]1O. The molecule has 1 fully saturated rings. The van der Waals surface area contributed by atoms with Crippen LogP contribution in [0.15, 0.2) is 0 Å². The molecule has 0 spiro atoms. The molecule has 1 aliphatic rings. The van der Waals surface area contributed by atoms with Gasteiger partial charge in [0.2, 0.25) is 0 Å². The van der Waals surface area contributed by atoms with E-state index < -0.39 is 30.9 Å². The largest absolute Gasteiger partial charge is 0.387 e. The minimum atomic E-state index is -1.33. The molecule has 1 heterocycles. The van der Waals surface area contributed by atoms with Crippen LogP contribution in [0.25, 0.3) is 0 Å². The predicted molar refractivity (Wildman–Crippen MR) is 40.7 cm³/mol. The van der Waals surface area contributed by atoms with E-state index in [4.69, 9.17) is 14.2 Å². The number of ether oxygens (including phenoxy) is 3. The maximum atomic E-state index is 9.31. The number of aliphatic hydroxyl groups excluding tert-OH is 3. The lowest BCUT2D eigenvalue weighted by molar-refractivity contribution is -0.340. The first-order chi connectivity index (χ1) is 6.11. The summed E-state index contributed by atoms with van der Waals surface area (Å²) < 4.78 is 14.4. The Hall–Kier alpha value is -0.240. The summed E-state index contributed by atoms with van der Waals surface area (Å²) in [6.45, 7) is 0. The van der Waals surface area contributed by atoms with Crippen molar-refractivity contribution in [2.24, 2.45) is 0 Å². The van der Waals surface area contributed by atoms with Gasteiger partial charge >= 0.3 is 0 Å². The first-order valence-electron chi connectivity index (χ1n) is 3.87. The smallest absolute Gasteiger partial charge is 0.188 e. The molecule has 1 unspecified atom stereocenters. The van der Waals surface area contributed by atoms with Crippen molar-refractivity contribution < 1.29 is 29.5 Å². The highest BCUT2D eigenvalue weighted by molar-refractivity contribution is 4.85. The average molecular weight is 194 g/mol. The Balaban J connectivity index is 2.66. The van der Waals surface area contributed by atoms with E-state index in [0.717, 1.165) is 0 Å². The Morgan fingerprint density at radius 3 is 1.54 bits per heavy atom. The molecule has 3 N–H and O–H groups in total. The molecule has 0 aliphatic carbocycles. The topological polar surface area (TPSA) is 88.4 Å². The fourth-order valence-electron chi connectivity index (χ4n) is 1.21. The van der Waals surface area contributed by atoms with Crippen molar-refractivity contribution in [3.63, 3.8) is 0 Å². The van der Waals surface area contributed by atoms with E-state index in [-0.39, 0.29) is 0 Å². The minimum absolute atomic E-state index is 0.983. The molecule has 0 amide bonds. The first kappa shape index (κ1) is 10.8. The molecule has 78 valence electrons. The van der Waals surface area contributed by atoms with Gasteiger partial charge in [0.25, 0.3) is 0 Å². The van der Waals surface area contributed by atoms with Crippen molar-refractivity contribution in [1.82, 2.24) is 0 Å². The van der Waals surface area contributed by atoms with Gasteiger partial charge in [-0.3, -0.25) is 0 Å². The molecule has 6 heteroatoms. The van der Waals surface area contributed by atoms with Crippen molar-refractivity contribution >= 4 is 0 Å². The standard InChI is InChI=1S/C7H14O6/c1-11-6-4(9)3(8)5(10)7(12-2)13-6/h3-10H,1-2H3/t3?,4-,5-,6-,7+/m1/s1. The molecule has 0 bridgehead atoms. The summed E-state index contributed by atoms with van der Waals surface area (Å²) in [6, 6.07) is 0. The molecular formula is C7H14O6. The van der Waals surface area contributed by atoms with Gasteiger partial charge in [-0.15, -0.1) is 0 Å². The maximum Gasteiger partial charge on any atom is 0.188 e. The van der Waals surface area contributed by atoms with Gasteiger partial charge in [-0.05, 0) is 0 Å². The summed E-state index contributed by atoms with van der Waals surface area (Å²) in [6.07, 6.45) is -5.84. The van der Waals surface area contributed by atoms with E-state index in [0.29, 0.717) is 0 Å². The van der Waals surface area contributed by atoms with Gasteiger partial charge in [-0.2, -0.15) is 0 Å². The Bertz CT molecular complexity index is 143. The van der Waals surface area contributed by atoms with Crippen LogP contribution in [0.1, 0.15) is 0 Å². The zero-order valence-electron chi connectivity index (χ0n) is 7.45. The van der Waals surface area contributed by atoms with Crippen LogP contribution in [0.2, 0.25) is 0 Å². The summed E-state index contributed by atoms with van der Waals surface area (Å²) in [4.78, 5) is 0. The van der Waals surface area contributed by atoms with E-state index in [2.05, 4.69) is 0 Å². The Morgan fingerprint density at radius 1 is 0.846 bits per heavy atom. The van der Waals surface area contributed by atoms with Gasteiger partial charge in [-0.1, -0.05) is 0 Å². The summed E-state index contributed by atoms with van der Waals surface area (Å²) in [5.41, 5.74) is 0. The second kappa shape index (κ2) is 4.32. The first-order valence-corrected chi connectivity index (χ1v) is 3.87. The van der Waals surface area contributed by atoms with Gasteiger partial charge in [-0.25, -0.2) is 0 Å². The molecule has 13 heavy (non-hydrogen) atoms. The summed E-state index contributed by atoms with van der Waals surface area (Å²) >= 11 is 0. The number of rotatable bonds is 2. The summed E-state index contributed by atoms with van der Waals surface area (Å²) in [5.74, 6) is 0. The molecule has 1 saturated heterocycles. The van der Waals surface area contributed by atoms with Crippen LogP contribution in [0.5, 0.6) is 0 Å². The lowest BCUT2D eigenvalue weighted by Crippen LogP contribution is -2.58. The minimum Gasteiger partial charge on any atom is -0.387 e. The lowest BCUT2D eigenvalue weighted by atomic mass is 10.0. The monoisotopic (exact) mass is 194 g/mol. The highest BCUT2D eigenvalue weighted by Gasteiger charge is 2.44. The van der Waals surface area contributed by atoms with Crippen molar-refractivity contribution in [3.8, 4) is 0 Å². The molecule has 0 saturated carbocycles. The second-order valence-corrected chi connectivity index (χ2v) is 2.82. The Kier molecular flexibility index (Phi) is 3.60. The molecule has 0 radical (unpaired) electrons. The molecule has 1 aliphatic heterocycles. The third kappa shape index (κ3) is 1.98. The average Bonchev–Trinajstić information content (AvgIpc) is 2.15. The third-order valence-corrected chi connectivity index (χ3v) is 1.99. The third-order valence-electron chi connectivity index (χ3n) is 1.99. The van der Waals surface area contributed by atoms with Crippen molar-refractivity contribution in [2.75, 3.05) is 14.2 Å². The summed E-state index contributed by atoms with van der Waals surface area (Å²) in [7, 11) is 2.65. The molecule has 0 aromatic rings. The lowest BCUT2D eigenvalue weighted by Gasteiger charge is -2.38. The highest BCUT2D eigenvalue weighted by Crippen LogP contribution is 2.21. The molecule has 6 nitrogen and oxygen atoms in total. The fraction of sp³-hybridized carbons (Fsp3) is 1.00. The fourth-order valence-corrected chi connectivity index (χ4v) is 1.21. The molecule has 1 rings (SSSR count). The number of methoxy groups -OCH3 is 2. The quantitative estimate of drug-likeness (QED) is 0.473. The van der Waals surface area contributed by atoms with Gasteiger partial charge in [0.05, 0.1) is 0 Å². The number of aliphatic hydroxyl groups is 3. The maximum absolute atomic E-state index is 9.31. The van der Waals surface area contributed by atoms with Crippen LogP contribution in [-0.4, -0.2) is 60.4 Å². The Morgan fingerprint density at radius 2 is 1.23 bits per heavy atom. The molecule has 0 aromatic heterocycles. The van der Waals surface area contributed by atoms with E-state index in [1.54, 1.807) is 0 Å². The van der Waals surface area contributed by atoms with Crippen LogP contribution in [-0.2, 0) is 14.2 Å². The van der Waals surface area contributed by atoms with Gasteiger partial charge in [0.1, 0.15) is 18.3 Å². The predicted octanol–water partition coefficient (Wildman–Crippen LogP) is -1.96. The van der Waals surface area contributed by atoms with Crippen molar-refractivity contribution in [3.05, 3.63) is 0 Å². The van der Waals surface area contributed by atoms with Crippen LogP contribution in [0, 0.1) is 0 Å². The van der Waals surface area contributed by atoms with E-state index in [1.807, 2.05) is 0 Å². The van der Waals surface area contributed by atoms with Gasteiger partial charge < -0.3 is 29.5 Å². The zero-order chi connectivity index (χ0) is 10.0. The molecule has 0 aromatic carbocycles. The van der Waals surface area contributed by atoms with Crippen LogP contribution in [0.3, 0.4) is 0 Å². The molecular weight excluding hydrogens is 180 g/mol. The second-order valence-electron chi connectivity index (χ2n) is 2.82. The summed E-state index contributed by atoms with van der Waals surface area (Å²) in [5, 5.41) is 27.9. The zero-order valence-corrected chi connectivity index (χ0v) is 7.45. The van der Waals surface area contributed by atoms with E-state index in [9.17, 15) is 15.3 Å². The van der Waals surface area contributed by atoms with Crippen molar-refractivity contribution in [1.29, 1.82) is 0 Å². The number of hydrogen-bond donors (Lipinski definition) is 3. The normalized spacial score (nSPS) is 46.4. The van der Waals surface area contributed by atoms with Crippen LogP contribution >= 0.6 is 0 Å². The number of hydrogen-bond acceptors (Lipinski definition) is 6. The van der Waals surface area contributed by atoms with Crippen LogP contribution in [0.4, 0.5) is 0 Å². The van der Waals surface area contributed by atoms with Gasteiger partial charge in [0.15, 0.2) is 12.6 Å². The van der Waals surface area contributed by atoms with E-state index in [1.165, 1.54) is 14.2 Å².